The molecule has 1 aliphatic rings. The van der Waals surface area contributed by atoms with Crippen molar-refractivity contribution in [3.63, 3.8) is 0 Å². The zero-order valence-corrected chi connectivity index (χ0v) is 5.49. The van der Waals surface area contributed by atoms with Gasteiger partial charge < -0.3 is 11.1 Å². The maximum atomic E-state index is 5.79. The van der Waals surface area contributed by atoms with E-state index in [2.05, 4.69) is 5.32 Å². The van der Waals surface area contributed by atoms with Crippen LogP contribution in [-0.4, -0.2) is 18.1 Å². The molecule has 0 aromatic heterocycles. The Hall–Kier alpha value is 0.210. The normalized spacial score (nSPS) is 39.8. The molecule has 0 amide bonds. The van der Waals surface area contributed by atoms with Crippen molar-refractivity contribution in [2.24, 2.45) is 5.73 Å². The maximum absolute atomic E-state index is 5.79. The van der Waals surface area contributed by atoms with Crippen LogP contribution in [0.3, 0.4) is 0 Å². The Balaban J connectivity index is 2.23. The van der Waals surface area contributed by atoms with Gasteiger partial charge in [-0.2, -0.15) is 0 Å². The van der Waals surface area contributed by atoms with Gasteiger partial charge >= 0.3 is 0 Å². The molecule has 1 saturated heterocycles. The van der Waals surface area contributed by atoms with E-state index in [1.807, 2.05) is 0 Å². The molecule has 0 aliphatic carbocycles. The van der Waals surface area contributed by atoms with Crippen molar-refractivity contribution in [2.45, 2.75) is 24.4 Å². The summed E-state index contributed by atoms with van der Waals surface area (Å²) < 4.78 is 0. The number of hydrogen-bond donors (Lipinski definition) is 2. The molecule has 0 bridgehead atoms. The molecule has 0 radical (unpaired) electrons. The third-order valence-corrected chi connectivity index (χ3v) is 1.77. The summed E-state index contributed by atoms with van der Waals surface area (Å²) >= 11 is 5.79. The van der Waals surface area contributed by atoms with Crippen molar-refractivity contribution in [3.05, 3.63) is 0 Å². The fraction of sp³-hybridized carbons (Fsp3) is 1.00. The topological polar surface area (TPSA) is 38.0 Å². The second-order valence-corrected chi connectivity index (χ2v) is 2.80. The SMILES string of the molecule is NC1CC(Cl)CCN1. The van der Waals surface area contributed by atoms with Gasteiger partial charge in [0.1, 0.15) is 0 Å². The highest BCUT2D eigenvalue weighted by molar-refractivity contribution is 6.20. The Labute approximate surface area is 54.4 Å². The molecule has 1 rings (SSSR count). The van der Waals surface area contributed by atoms with E-state index in [1.54, 1.807) is 0 Å². The smallest absolute Gasteiger partial charge is 0.0560 e. The predicted octanol–water partition coefficient (Wildman–Crippen LogP) is 0.262. The van der Waals surface area contributed by atoms with Crippen LogP contribution >= 0.6 is 11.6 Å². The number of nitrogens with two attached hydrogens (primary N) is 1. The van der Waals surface area contributed by atoms with E-state index in [-0.39, 0.29) is 6.17 Å². The maximum Gasteiger partial charge on any atom is 0.0560 e. The highest BCUT2D eigenvalue weighted by atomic mass is 35.5. The molecule has 3 heteroatoms. The van der Waals surface area contributed by atoms with E-state index in [9.17, 15) is 0 Å². The first-order valence-corrected chi connectivity index (χ1v) is 3.35. The molecule has 8 heavy (non-hydrogen) atoms. The highest BCUT2D eigenvalue weighted by Gasteiger charge is 2.14. The summed E-state index contributed by atoms with van der Waals surface area (Å²) in [6.45, 7) is 0.968. The standard InChI is InChI=1S/C5H11ClN2/c6-4-1-2-8-5(7)3-4/h4-5,8H,1-3,7H2. The van der Waals surface area contributed by atoms with Gasteiger partial charge in [0.15, 0.2) is 0 Å². The summed E-state index contributed by atoms with van der Waals surface area (Å²) in [5.41, 5.74) is 5.53. The van der Waals surface area contributed by atoms with E-state index in [4.69, 9.17) is 17.3 Å². The van der Waals surface area contributed by atoms with Crippen LogP contribution in [0, 0.1) is 0 Å². The molecule has 2 nitrogen and oxygen atoms in total. The molecule has 0 spiro atoms. The molecule has 2 unspecified atom stereocenters. The van der Waals surface area contributed by atoms with E-state index in [0.717, 1.165) is 19.4 Å². The molecule has 1 aliphatic heterocycles. The molecular weight excluding hydrogens is 124 g/mol. The van der Waals surface area contributed by atoms with Gasteiger partial charge in [0, 0.05) is 5.38 Å². The minimum absolute atomic E-state index is 0.131. The minimum atomic E-state index is 0.131. The van der Waals surface area contributed by atoms with Crippen molar-refractivity contribution in [1.82, 2.24) is 5.32 Å². The summed E-state index contributed by atoms with van der Waals surface area (Å²) in [6, 6.07) is 0. The summed E-state index contributed by atoms with van der Waals surface area (Å²) in [5.74, 6) is 0. The van der Waals surface area contributed by atoms with Crippen molar-refractivity contribution in [2.75, 3.05) is 6.54 Å². The van der Waals surface area contributed by atoms with Gasteiger partial charge in [0.25, 0.3) is 0 Å². The Morgan fingerprint density at radius 3 is 2.75 bits per heavy atom. The fourth-order valence-corrected chi connectivity index (χ4v) is 1.20. The first-order valence-electron chi connectivity index (χ1n) is 2.92. The van der Waals surface area contributed by atoms with Crippen LogP contribution < -0.4 is 11.1 Å². The van der Waals surface area contributed by atoms with Crippen LogP contribution in [0.25, 0.3) is 0 Å². The second-order valence-electron chi connectivity index (χ2n) is 2.18. The third-order valence-electron chi connectivity index (χ3n) is 1.37. The molecule has 0 aromatic carbocycles. The summed E-state index contributed by atoms with van der Waals surface area (Å²) in [7, 11) is 0. The van der Waals surface area contributed by atoms with Crippen LogP contribution in [0.4, 0.5) is 0 Å². The van der Waals surface area contributed by atoms with Gasteiger partial charge in [0.2, 0.25) is 0 Å². The summed E-state index contributed by atoms with van der Waals surface area (Å²) in [4.78, 5) is 0. The number of alkyl halides is 1. The monoisotopic (exact) mass is 134 g/mol. The van der Waals surface area contributed by atoms with Gasteiger partial charge in [-0.1, -0.05) is 0 Å². The average Bonchev–Trinajstić information content (AvgIpc) is 1.64. The molecule has 0 saturated carbocycles. The van der Waals surface area contributed by atoms with Gasteiger partial charge in [-0.05, 0) is 19.4 Å². The Morgan fingerprint density at radius 1 is 1.62 bits per heavy atom. The lowest BCUT2D eigenvalue weighted by Gasteiger charge is -2.22. The first-order chi connectivity index (χ1) is 3.79. The Morgan fingerprint density at radius 2 is 2.38 bits per heavy atom. The van der Waals surface area contributed by atoms with E-state index in [1.165, 1.54) is 0 Å². The molecule has 0 aromatic rings. The number of halogens is 1. The van der Waals surface area contributed by atoms with Gasteiger partial charge in [0.05, 0.1) is 6.17 Å². The van der Waals surface area contributed by atoms with E-state index < -0.39 is 0 Å². The fourth-order valence-electron chi connectivity index (χ4n) is 0.902. The van der Waals surface area contributed by atoms with Crippen molar-refractivity contribution in [1.29, 1.82) is 0 Å². The average molecular weight is 135 g/mol. The minimum Gasteiger partial charge on any atom is -0.316 e. The molecule has 48 valence electrons. The lowest BCUT2D eigenvalue weighted by atomic mass is 10.1. The van der Waals surface area contributed by atoms with Crippen LogP contribution in [-0.2, 0) is 0 Å². The number of hydrogen-bond acceptors (Lipinski definition) is 2. The largest absolute Gasteiger partial charge is 0.316 e. The lowest BCUT2D eigenvalue weighted by molar-refractivity contribution is 0.416. The van der Waals surface area contributed by atoms with Crippen LogP contribution in [0.15, 0.2) is 0 Å². The Bertz CT molecular complexity index is 68.8. The zero-order chi connectivity index (χ0) is 5.98. The van der Waals surface area contributed by atoms with Crippen molar-refractivity contribution < 1.29 is 0 Å². The number of piperidine rings is 1. The van der Waals surface area contributed by atoms with Crippen LogP contribution in [0.1, 0.15) is 12.8 Å². The molecule has 3 N–H and O–H groups in total. The lowest BCUT2D eigenvalue weighted by Crippen LogP contribution is -2.44. The first kappa shape index (κ1) is 6.33. The van der Waals surface area contributed by atoms with Crippen LogP contribution in [0.5, 0.6) is 0 Å². The Kier molecular flexibility index (Phi) is 2.11. The summed E-state index contributed by atoms with van der Waals surface area (Å²) in [5, 5.41) is 3.40. The highest BCUT2D eigenvalue weighted by Crippen LogP contribution is 2.10. The van der Waals surface area contributed by atoms with E-state index in [0.29, 0.717) is 5.38 Å². The predicted molar refractivity (Wildman–Crippen MR) is 34.9 cm³/mol. The number of nitrogens with one attached hydrogen (secondary N) is 1. The van der Waals surface area contributed by atoms with Gasteiger partial charge in [-0.15, -0.1) is 11.6 Å². The quantitative estimate of drug-likeness (QED) is 0.467. The van der Waals surface area contributed by atoms with Gasteiger partial charge in [-0.3, -0.25) is 0 Å². The van der Waals surface area contributed by atoms with Crippen molar-refractivity contribution in [3.8, 4) is 0 Å². The second kappa shape index (κ2) is 2.67. The van der Waals surface area contributed by atoms with Gasteiger partial charge in [-0.25, -0.2) is 0 Å². The zero-order valence-electron chi connectivity index (χ0n) is 4.73. The van der Waals surface area contributed by atoms with E-state index >= 15 is 0 Å². The molecule has 1 fully saturated rings. The number of rotatable bonds is 0. The summed E-state index contributed by atoms with van der Waals surface area (Å²) in [6.07, 6.45) is 2.09. The molecule has 2 atom stereocenters. The third kappa shape index (κ3) is 1.62. The van der Waals surface area contributed by atoms with Crippen molar-refractivity contribution >= 4 is 11.6 Å². The molecular formula is C5H11ClN2. The van der Waals surface area contributed by atoms with Crippen LogP contribution in [0.2, 0.25) is 0 Å². The molecule has 1 heterocycles.